The highest BCUT2D eigenvalue weighted by Gasteiger charge is 2.23. The molecule has 1 aliphatic rings. The van der Waals surface area contributed by atoms with Crippen LogP contribution in [0, 0.1) is 0 Å². The van der Waals surface area contributed by atoms with Crippen molar-refractivity contribution in [3.8, 4) is 0 Å². The van der Waals surface area contributed by atoms with E-state index in [1.807, 2.05) is 25.1 Å². The van der Waals surface area contributed by atoms with Crippen LogP contribution in [0.4, 0.5) is 22.2 Å². The predicted molar refractivity (Wildman–Crippen MR) is 122 cm³/mol. The quantitative estimate of drug-likeness (QED) is 0.597. The van der Waals surface area contributed by atoms with Gasteiger partial charge in [0, 0.05) is 32.4 Å². The van der Waals surface area contributed by atoms with Crippen LogP contribution in [0.15, 0.2) is 30.5 Å². The number of carbonyl (C=O) groups is 1. The van der Waals surface area contributed by atoms with Crippen molar-refractivity contribution in [2.45, 2.75) is 37.8 Å². The average molecular weight is 460 g/mol. The maximum atomic E-state index is 12.3. The number of carbonyl (C=O) groups excluding carboxylic acids is 1. The van der Waals surface area contributed by atoms with Gasteiger partial charge in [0.2, 0.25) is 5.95 Å². The normalized spacial score (nSPS) is 18.3. The lowest BCUT2D eigenvalue weighted by molar-refractivity contribution is 0.243. The minimum atomic E-state index is -0.275. The molecule has 2 amide bonds. The summed E-state index contributed by atoms with van der Waals surface area (Å²) in [5.74, 6) is 1.50. The summed E-state index contributed by atoms with van der Waals surface area (Å²) in [6.45, 7) is 0. The monoisotopic (exact) mass is 458 g/mol. The van der Waals surface area contributed by atoms with Gasteiger partial charge >= 0.3 is 6.03 Å². The van der Waals surface area contributed by atoms with Crippen molar-refractivity contribution >= 4 is 59.1 Å². The third-order valence-electron chi connectivity index (χ3n) is 4.69. The Morgan fingerprint density at radius 3 is 2.48 bits per heavy atom. The Hall–Kier alpha value is -1.96. The number of rotatable bonds is 5. The summed E-state index contributed by atoms with van der Waals surface area (Å²) in [5, 5.41) is 9.91. The number of nitrogens with one attached hydrogen (secondary N) is 3. The summed E-state index contributed by atoms with van der Waals surface area (Å²) in [5.41, 5.74) is 0.500. The molecule has 1 heterocycles. The fraction of sp³-hybridized carbons (Fsp3) is 0.421. The molecule has 10 heteroatoms. The molecule has 1 aromatic carbocycles. The Morgan fingerprint density at radius 1 is 1.10 bits per heavy atom. The standard InChI is InChI=1S/C19H24Cl2N6O.ClH/c1-27(2)16-10-11-22-18(26-16)23-12-6-8-13(9-7-12)24-19(28)25-15-5-3-4-14(20)17(15)21;/h3-5,10-13H,6-9H2,1-2H3,(H,22,23,26)(H2,24,25,28);1H. The zero-order valence-electron chi connectivity index (χ0n) is 16.3. The minimum absolute atomic E-state index is 0. The van der Waals surface area contributed by atoms with E-state index in [0.717, 1.165) is 31.5 Å². The van der Waals surface area contributed by atoms with Crippen molar-refractivity contribution in [3.63, 3.8) is 0 Å². The molecule has 1 fully saturated rings. The summed E-state index contributed by atoms with van der Waals surface area (Å²) < 4.78 is 0. The molecule has 7 nitrogen and oxygen atoms in total. The third kappa shape index (κ3) is 6.52. The van der Waals surface area contributed by atoms with Gasteiger partial charge in [0.05, 0.1) is 15.7 Å². The molecular weight excluding hydrogens is 435 g/mol. The summed E-state index contributed by atoms with van der Waals surface area (Å²) in [4.78, 5) is 23.0. The van der Waals surface area contributed by atoms with Crippen LogP contribution in [0.25, 0.3) is 0 Å². The number of hydrogen-bond donors (Lipinski definition) is 3. The molecule has 0 unspecified atom stereocenters. The first-order chi connectivity index (χ1) is 13.4. The summed E-state index contributed by atoms with van der Waals surface area (Å²) in [6, 6.07) is 7.15. The zero-order chi connectivity index (χ0) is 20.1. The van der Waals surface area contributed by atoms with Gasteiger partial charge in [0.25, 0.3) is 0 Å². The molecule has 1 saturated carbocycles. The summed E-state index contributed by atoms with van der Waals surface area (Å²) in [6.07, 6.45) is 5.36. The maximum Gasteiger partial charge on any atom is 0.319 e. The fourth-order valence-electron chi connectivity index (χ4n) is 3.18. The number of halogens is 3. The van der Waals surface area contributed by atoms with E-state index in [4.69, 9.17) is 23.2 Å². The van der Waals surface area contributed by atoms with Gasteiger partial charge in [-0.3, -0.25) is 0 Å². The molecule has 1 aromatic heterocycles. The lowest BCUT2D eigenvalue weighted by Gasteiger charge is -2.29. The number of urea groups is 1. The highest BCUT2D eigenvalue weighted by Crippen LogP contribution is 2.29. The second-order valence-electron chi connectivity index (χ2n) is 7.03. The first-order valence-electron chi connectivity index (χ1n) is 9.21. The van der Waals surface area contributed by atoms with E-state index in [1.54, 1.807) is 24.4 Å². The molecule has 3 N–H and O–H groups in total. The van der Waals surface area contributed by atoms with Crippen molar-refractivity contribution in [3.05, 3.63) is 40.5 Å². The molecule has 158 valence electrons. The Morgan fingerprint density at radius 2 is 1.79 bits per heavy atom. The Bertz CT molecular complexity index is 827. The lowest BCUT2D eigenvalue weighted by Crippen LogP contribution is -2.42. The van der Waals surface area contributed by atoms with Crippen LogP contribution >= 0.6 is 35.6 Å². The third-order valence-corrected chi connectivity index (χ3v) is 5.51. The Labute approximate surface area is 187 Å². The van der Waals surface area contributed by atoms with Gasteiger partial charge in [-0.2, -0.15) is 4.98 Å². The van der Waals surface area contributed by atoms with Gasteiger partial charge in [0.15, 0.2) is 0 Å². The van der Waals surface area contributed by atoms with Gasteiger partial charge in [0.1, 0.15) is 5.82 Å². The Kier molecular flexibility index (Phi) is 8.61. The summed E-state index contributed by atoms with van der Waals surface area (Å²) >= 11 is 12.1. The molecule has 1 aliphatic carbocycles. The number of benzene rings is 1. The molecule has 0 bridgehead atoms. The van der Waals surface area contributed by atoms with E-state index >= 15 is 0 Å². The van der Waals surface area contributed by atoms with Crippen LogP contribution in [-0.4, -0.2) is 42.2 Å². The second kappa shape index (κ2) is 10.7. The molecule has 0 atom stereocenters. The van der Waals surface area contributed by atoms with Crippen LogP contribution in [0.5, 0.6) is 0 Å². The van der Waals surface area contributed by atoms with Gasteiger partial charge < -0.3 is 20.9 Å². The number of amides is 2. The van der Waals surface area contributed by atoms with Crippen LogP contribution < -0.4 is 20.9 Å². The van der Waals surface area contributed by atoms with Gasteiger partial charge in [-0.1, -0.05) is 29.3 Å². The smallest absolute Gasteiger partial charge is 0.319 e. The van der Waals surface area contributed by atoms with E-state index in [-0.39, 0.29) is 24.5 Å². The van der Waals surface area contributed by atoms with Crippen molar-refractivity contribution in [2.75, 3.05) is 29.6 Å². The average Bonchev–Trinajstić information content (AvgIpc) is 2.67. The Balaban J connectivity index is 0.00000300. The fourth-order valence-corrected chi connectivity index (χ4v) is 3.52. The van der Waals surface area contributed by atoms with Crippen LogP contribution in [-0.2, 0) is 0 Å². The van der Waals surface area contributed by atoms with Gasteiger partial charge in [-0.25, -0.2) is 9.78 Å². The van der Waals surface area contributed by atoms with Crippen LogP contribution in [0.3, 0.4) is 0 Å². The number of anilines is 3. The molecule has 3 rings (SSSR count). The second-order valence-corrected chi connectivity index (χ2v) is 7.81. The van der Waals surface area contributed by atoms with E-state index in [9.17, 15) is 4.79 Å². The van der Waals surface area contributed by atoms with E-state index in [2.05, 4.69) is 25.9 Å². The molecule has 0 radical (unpaired) electrons. The minimum Gasteiger partial charge on any atom is -0.363 e. The predicted octanol–water partition coefficient (Wildman–Crippen LogP) is 4.82. The maximum absolute atomic E-state index is 12.3. The van der Waals surface area contributed by atoms with Crippen LogP contribution in [0.2, 0.25) is 10.0 Å². The van der Waals surface area contributed by atoms with E-state index < -0.39 is 0 Å². The highest BCUT2D eigenvalue weighted by atomic mass is 35.5. The van der Waals surface area contributed by atoms with Crippen molar-refractivity contribution in [1.82, 2.24) is 15.3 Å². The first-order valence-corrected chi connectivity index (χ1v) is 9.96. The topological polar surface area (TPSA) is 82.2 Å². The number of nitrogens with zero attached hydrogens (tertiary/aromatic N) is 3. The van der Waals surface area contributed by atoms with E-state index in [0.29, 0.717) is 27.7 Å². The SMILES string of the molecule is CN(C)c1ccnc(NC2CCC(NC(=O)Nc3cccc(Cl)c3Cl)CC2)n1.Cl. The molecule has 2 aromatic rings. The first kappa shape index (κ1) is 23.3. The zero-order valence-corrected chi connectivity index (χ0v) is 18.6. The highest BCUT2D eigenvalue weighted by molar-refractivity contribution is 6.43. The van der Waals surface area contributed by atoms with Crippen LogP contribution in [0.1, 0.15) is 25.7 Å². The van der Waals surface area contributed by atoms with Crippen molar-refractivity contribution in [1.29, 1.82) is 0 Å². The van der Waals surface area contributed by atoms with Gasteiger partial charge in [-0.05, 0) is 43.9 Å². The molecular formula is C19H25Cl3N6O. The largest absolute Gasteiger partial charge is 0.363 e. The molecule has 29 heavy (non-hydrogen) atoms. The van der Waals surface area contributed by atoms with E-state index in [1.165, 1.54) is 0 Å². The number of hydrogen-bond acceptors (Lipinski definition) is 5. The van der Waals surface area contributed by atoms with Gasteiger partial charge in [-0.15, -0.1) is 12.4 Å². The lowest BCUT2D eigenvalue weighted by atomic mass is 9.91. The molecule has 0 aliphatic heterocycles. The number of aromatic nitrogens is 2. The molecule has 0 saturated heterocycles. The van der Waals surface area contributed by atoms with Crippen molar-refractivity contribution < 1.29 is 4.79 Å². The molecule has 0 spiro atoms. The van der Waals surface area contributed by atoms with Crippen molar-refractivity contribution in [2.24, 2.45) is 0 Å². The summed E-state index contributed by atoms with van der Waals surface area (Å²) in [7, 11) is 3.90.